The standard InChI is InChI=1S/C19H17N5O/c25-19-14(3-1-8-21-19)11-23-17-6-5-13(10-22-17)9-15-12-24-18-16(15)4-2-7-20-18/h1-8,10,12H,9,11H2,(H,20,24)(H,21,25)(H,22,23). The number of aromatic amines is 2. The monoisotopic (exact) mass is 331 g/mol. The van der Waals surface area contributed by atoms with E-state index in [0.29, 0.717) is 12.1 Å². The zero-order valence-corrected chi connectivity index (χ0v) is 13.5. The first-order chi connectivity index (χ1) is 12.3. The summed E-state index contributed by atoms with van der Waals surface area (Å²) < 4.78 is 0. The third-order valence-corrected chi connectivity index (χ3v) is 4.12. The van der Waals surface area contributed by atoms with Gasteiger partial charge in [-0.3, -0.25) is 4.79 Å². The first-order valence-electron chi connectivity index (χ1n) is 8.06. The van der Waals surface area contributed by atoms with Crippen LogP contribution in [0.4, 0.5) is 5.82 Å². The van der Waals surface area contributed by atoms with E-state index in [1.807, 2.05) is 36.7 Å². The number of anilines is 1. The molecule has 0 aromatic carbocycles. The minimum Gasteiger partial charge on any atom is -0.366 e. The first-order valence-corrected chi connectivity index (χ1v) is 8.06. The SMILES string of the molecule is O=c1[nH]cccc1CNc1ccc(Cc2c[nH]c3ncccc23)cn1. The van der Waals surface area contributed by atoms with Crippen molar-refractivity contribution < 1.29 is 0 Å². The molecule has 0 aliphatic rings. The summed E-state index contributed by atoms with van der Waals surface area (Å²) in [6, 6.07) is 11.6. The van der Waals surface area contributed by atoms with E-state index in [1.165, 1.54) is 5.56 Å². The van der Waals surface area contributed by atoms with Gasteiger partial charge in [0.05, 0.1) is 0 Å². The Morgan fingerprint density at radius 1 is 1.00 bits per heavy atom. The van der Waals surface area contributed by atoms with Crippen molar-refractivity contribution in [2.24, 2.45) is 0 Å². The van der Waals surface area contributed by atoms with Crippen molar-refractivity contribution in [3.8, 4) is 0 Å². The molecular weight excluding hydrogens is 314 g/mol. The van der Waals surface area contributed by atoms with Crippen LogP contribution in [0.5, 0.6) is 0 Å². The first kappa shape index (κ1) is 15.1. The molecule has 25 heavy (non-hydrogen) atoms. The average molecular weight is 331 g/mol. The third kappa shape index (κ3) is 3.28. The second kappa shape index (κ2) is 6.60. The number of fused-ring (bicyclic) bond motifs is 1. The molecule has 0 aliphatic carbocycles. The highest BCUT2D eigenvalue weighted by Crippen LogP contribution is 2.19. The van der Waals surface area contributed by atoms with Crippen LogP contribution in [-0.2, 0) is 13.0 Å². The molecule has 0 saturated heterocycles. The van der Waals surface area contributed by atoms with E-state index in [4.69, 9.17) is 0 Å². The number of H-pyrrole nitrogens is 2. The van der Waals surface area contributed by atoms with Gasteiger partial charge in [-0.15, -0.1) is 0 Å². The zero-order valence-electron chi connectivity index (χ0n) is 13.5. The van der Waals surface area contributed by atoms with Gasteiger partial charge in [-0.25, -0.2) is 9.97 Å². The number of aromatic nitrogens is 4. The molecule has 4 heterocycles. The van der Waals surface area contributed by atoms with Crippen molar-refractivity contribution in [2.75, 3.05) is 5.32 Å². The molecule has 6 nitrogen and oxygen atoms in total. The lowest BCUT2D eigenvalue weighted by Gasteiger charge is -2.06. The summed E-state index contributed by atoms with van der Waals surface area (Å²) in [4.78, 5) is 26.2. The van der Waals surface area contributed by atoms with Crippen molar-refractivity contribution in [2.45, 2.75) is 13.0 Å². The maximum Gasteiger partial charge on any atom is 0.252 e. The van der Waals surface area contributed by atoms with Crippen LogP contribution in [0.25, 0.3) is 11.0 Å². The second-order valence-corrected chi connectivity index (χ2v) is 5.82. The lowest BCUT2D eigenvalue weighted by Crippen LogP contribution is -2.14. The van der Waals surface area contributed by atoms with Gasteiger partial charge in [0.2, 0.25) is 0 Å². The average Bonchev–Trinajstić information content (AvgIpc) is 3.05. The Balaban J connectivity index is 1.45. The predicted octanol–water partition coefficient (Wildman–Crippen LogP) is 2.85. The van der Waals surface area contributed by atoms with Crippen molar-refractivity contribution in [1.29, 1.82) is 0 Å². The normalized spacial score (nSPS) is 10.9. The highest BCUT2D eigenvalue weighted by molar-refractivity contribution is 5.79. The predicted molar refractivity (Wildman–Crippen MR) is 97.5 cm³/mol. The fourth-order valence-electron chi connectivity index (χ4n) is 2.79. The highest BCUT2D eigenvalue weighted by Gasteiger charge is 2.05. The summed E-state index contributed by atoms with van der Waals surface area (Å²) in [6.07, 6.45) is 8.04. The zero-order chi connectivity index (χ0) is 17.1. The van der Waals surface area contributed by atoms with Crippen LogP contribution in [0.1, 0.15) is 16.7 Å². The molecule has 0 radical (unpaired) electrons. The molecule has 0 fully saturated rings. The van der Waals surface area contributed by atoms with Gasteiger partial charge in [0.15, 0.2) is 0 Å². The van der Waals surface area contributed by atoms with Crippen molar-refractivity contribution in [1.82, 2.24) is 19.9 Å². The number of hydrogen-bond acceptors (Lipinski definition) is 4. The molecule has 0 aliphatic heterocycles. The van der Waals surface area contributed by atoms with Gasteiger partial charge in [0, 0.05) is 48.7 Å². The molecule has 0 atom stereocenters. The fourth-order valence-corrected chi connectivity index (χ4v) is 2.79. The van der Waals surface area contributed by atoms with E-state index in [0.717, 1.165) is 28.8 Å². The van der Waals surface area contributed by atoms with Gasteiger partial charge in [-0.1, -0.05) is 12.1 Å². The van der Waals surface area contributed by atoms with E-state index in [-0.39, 0.29) is 5.56 Å². The lowest BCUT2D eigenvalue weighted by molar-refractivity contribution is 1.04. The topological polar surface area (TPSA) is 86.5 Å². The van der Waals surface area contributed by atoms with Crippen LogP contribution in [-0.4, -0.2) is 19.9 Å². The van der Waals surface area contributed by atoms with E-state index in [9.17, 15) is 4.79 Å². The molecule has 4 rings (SSSR count). The molecule has 6 heteroatoms. The Bertz CT molecular complexity index is 1050. The van der Waals surface area contributed by atoms with E-state index < -0.39 is 0 Å². The summed E-state index contributed by atoms with van der Waals surface area (Å²) in [5.74, 6) is 0.743. The van der Waals surface area contributed by atoms with Crippen LogP contribution < -0.4 is 10.9 Å². The highest BCUT2D eigenvalue weighted by atomic mass is 16.1. The lowest BCUT2D eigenvalue weighted by atomic mass is 10.1. The van der Waals surface area contributed by atoms with Crippen molar-refractivity contribution in [3.63, 3.8) is 0 Å². The maximum absolute atomic E-state index is 11.7. The molecule has 3 N–H and O–H groups in total. The van der Waals surface area contributed by atoms with Crippen LogP contribution in [0.3, 0.4) is 0 Å². The van der Waals surface area contributed by atoms with Crippen molar-refractivity contribution >= 4 is 16.9 Å². The smallest absolute Gasteiger partial charge is 0.252 e. The molecule has 0 bridgehead atoms. The number of nitrogens with zero attached hydrogens (tertiary/aromatic N) is 2. The molecule has 0 unspecified atom stereocenters. The molecule has 0 amide bonds. The van der Waals surface area contributed by atoms with Gasteiger partial charge in [0.1, 0.15) is 11.5 Å². The van der Waals surface area contributed by atoms with Gasteiger partial charge < -0.3 is 15.3 Å². The van der Waals surface area contributed by atoms with Gasteiger partial charge in [-0.05, 0) is 35.4 Å². The molecule has 4 aromatic heterocycles. The van der Waals surface area contributed by atoms with Gasteiger partial charge in [0.25, 0.3) is 5.56 Å². The quantitative estimate of drug-likeness (QED) is 0.525. The molecule has 124 valence electrons. The second-order valence-electron chi connectivity index (χ2n) is 5.82. The number of nitrogens with one attached hydrogen (secondary N) is 3. The minimum atomic E-state index is -0.0837. The third-order valence-electron chi connectivity index (χ3n) is 4.12. The Labute approximate surface area is 144 Å². The maximum atomic E-state index is 11.7. The largest absolute Gasteiger partial charge is 0.366 e. The number of hydrogen-bond donors (Lipinski definition) is 3. The molecule has 0 saturated carbocycles. The molecule has 4 aromatic rings. The van der Waals surface area contributed by atoms with E-state index >= 15 is 0 Å². The van der Waals surface area contributed by atoms with Gasteiger partial charge >= 0.3 is 0 Å². The summed E-state index contributed by atoms with van der Waals surface area (Å²) >= 11 is 0. The number of pyridine rings is 3. The summed E-state index contributed by atoms with van der Waals surface area (Å²) in [6.45, 7) is 0.441. The summed E-state index contributed by atoms with van der Waals surface area (Å²) in [5.41, 5.74) is 3.81. The van der Waals surface area contributed by atoms with Crippen molar-refractivity contribution in [3.05, 3.63) is 88.2 Å². The van der Waals surface area contributed by atoms with Crippen LogP contribution in [0, 0.1) is 0 Å². The Hall–Kier alpha value is -3.41. The van der Waals surface area contributed by atoms with Gasteiger partial charge in [-0.2, -0.15) is 0 Å². The Morgan fingerprint density at radius 3 is 2.80 bits per heavy atom. The summed E-state index contributed by atoms with van der Waals surface area (Å²) in [5, 5.41) is 4.30. The molecule has 0 spiro atoms. The number of rotatable bonds is 5. The molecular formula is C19H17N5O. The van der Waals surface area contributed by atoms with Crippen LogP contribution >= 0.6 is 0 Å². The Kier molecular flexibility index (Phi) is 4.00. The van der Waals surface area contributed by atoms with Crippen LogP contribution in [0.15, 0.2) is 66.0 Å². The van der Waals surface area contributed by atoms with E-state index in [1.54, 1.807) is 18.5 Å². The van der Waals surface area contributed by atoms with E-state index in [2.05, 4.69) is 31.3 Å². The fraction of sp³-hybridized carbons (Fsp3) is 0.105. The summed E-state index contributed by atoms with van der Waals surface area (Å²) in [7, 11) is 0. The van der Waals surface area contributed by atoms with Crippen LogP contribution in [0.2, 0.25) is 0 Å². The minimum absolute atomic E-state index is 0.0837. The Morgan fingerprint density at radius 2 is 1.96 bits per heavy atom.